The number of thiazole rings is 1. The number of rotatable bonds is 8. The number of fused-ring (bicyclic) bond motifs is 1. The third-order valence-corrected chi connectivity index (χ3v) is 8.08. The van der Waals surface area contributed by atoms with Gasteiger partial charge in [-0.2, -0.15) is 0 Å². The summed E-state index contributed by atoms with van der Waals surface area (Å²) < 4.78 is 5.85. The van der Waals surface area contributed by atoms with E-state index in [1.165, 1.54) is 29.6 Å². The zero-order chi connectivity index (χ0) is 25.9. The Labute approximate surface area is 222 Å². The number of thiophene rings is 1. The summed E-state index contributed by atoms with van der Waals surface area (Å²) in [5.74, 6) is 0.0756. The summed E-state index contributed by atoms with van der Waals surface area (Å²) in [4.78, 5) is 58.8. The van der Waals surface area contributed by atoms with Crippen molar-refractivity contribution in [2.24, 2.45) is 0 Å². The van der Waals surface area contributed by atoms with E-state index in [1.807, 2.05) is 17.5 Å². The number of hydrogen-bond acceptors (Lipinski definition) is 8. The van der Waals surface area contributed by atoms with Gasteiger partial charge >= 0.3 is 0 Å². The van der Waals surface area contributed by atoms with Gasteiger partial charge in [-0.3, -0.25) is 24.1 Å². The van der Waals surface area contributed by atoms with Crippen LogP contribution in [0.25, 0.3) is 0 Å². The van der Waals surface area contributed by atoms with Gasteiger partial charge in [-0.25, -0.2) is 4.98 Å². The summed E-state index contributed by atoms with van der Waals surface area (Å²) >= 11 is 2.61. The van der Waals surface area contributed by atoms with E-state index in [0.29, 0.717) is 53.1 Å². The molecule has 1 aromatic carbocycles. The van der Waals surface area contributed by atoms with E-state index in [9.17, 15) is 19.2 Å². The molecule has 1 N–H and O–H groups in total. The van der Waals surface area contributed by atoms with Gasteiger partial charge in [-0.1, -0.05) is 18.2 Å². The molecule has 4 heterocycles. The fraction of sp³-hybridized carbons (Fsp3) is 0.346. The Balaban J connectivity index is 1.26. The van der Waals surface area contributed by atoms with Crippen molar-refractivity contribution < 1.29 is 23.9 Å². The number of ether oxygens (including phenoxy) is 1. The van der Waals surface area contributed by atoms with Crippen molar-refractivity contribution in [1.29, 1.82) is 0 Å². The molecule has 0 spiro atoms. The van der Waals surface area contributed by atoms with Crippen LogP contribution in [0.15, 0.2) is 47.2 Å². The molecule has 1 fully saturated rings. The Bertz CT molecular complexity index is 1320. The minimum Gasteiger partial charge on any atom is -0.475 e. The van der Waals surface area contributed by atoms with Gasteiger partial charge in [0.05, 0.1) is 10.4 Å². The van der Waals surface area contributed by atoms with Crippen molar-refractivity contribution in [1.82, 2.24) is 15.2 Å². The number of carbonyl (C=O) groups excluding carboxylic acids is 4. The van der Waals surface area contributed by atoms with Crippen LogP contribution in [-0.4, -0.2) is 59.1 Å². The second kappa shape index (κ2) is 10.8. The maximum atomic E-state index is 13.3. The number of carbonyl (C=O) groups is 4. The van der Waals surface area contributed by atoms with Crippen LogP contribution >= 0.6 is 22.7 Å². The van der Waals surface area contributed by atoms with Crippen molar-refractivity contribution in [2.45, 2.75) is 38.3 Å². The number of Topliss-reactive ketones (excluding diaryl/α,β-unsaturated/α-hetero) is 1. The topological polar surface area (TPSA) is 109 Å². The number of aromatic nitrogens is 1. The molecule has 11 heteroatoms. The number of likely N-dealkylation sites (tertiary alicyclic amines) is 1. The van der Waals surface area contributed by atoms with Gasteiger partial charge in [0.1, 0.15) is 11.4 Å². The first-order valence-electron chi connectivity index (χ1n) is 12.1. The smallest absolute Gasteiger partial charge is 0.270 e. The lowest BCUT2D eigenvalue weighted by molar-refractivity contribution is -0.130. The minimum absolute atomic E-state index is 0.00100. The summed E-state index contributed by atoms with van der Waals surface area (Å²) in [6.07, 6.45) is 0.631. The molecule has 37 heavy (non-hydrogen) atoms. The van der Waals surface area contributed by atoms with Gasteiger partial charge in [-0.15, -0.1) is 22.7 Å². The van der Waals surface area contributed by atoms with Gasteiger partial charge < -0.3 is 15.0 Å². The molecule has 3 aromatic rings. The maximum Gasteiger partial charge on any atom is 0.270 e. The van der Waals surface area contributed by atoms with Crippen molar-refractivity contribution >= 4 is 51.3 Å². The number of ketones is 1. The molecule has 0 bridgehead atoms. The van der Waals surface area contributed by atoms with E-state index in [2.05, 4.69) is 10.3 Å². The van der Waals surface area contributed by atoms with Crippen LogP contribution in [0.1, 0.15) is 58.0 Å². The number of nitrogens with one attached hydrogen (secondary N) is 1. The van der Waals surface area contributed by atoms with Gasteiger partial charge in [0.25, 0.3) is 5.91 Å². The molecule has 0 saturated carbocycles. The molecule has 2 aliphatic rings. The van der Waals surface area contributed by atoms with Gasteiger partial charge in [-0.05, 0) is 36.4 Å². The Morgan fingerprint density at radius 1 is 1.19 bits per heavy atom. The number of para-hydroxylation sites is 1. The summed E-state index contributed by atoms with van der Waals surface area (Å²) in [7, 11) is 0. The molecule has 2 aromatic heterocycles. The highest BCUT2D eigenvalue weighted by atomic mass is 32.1. The molecule has 5 rings (SSSR count). The maximum absolute atomic E-state index is 13.3. The lowest BCUT2D eigenvalue weighted by atomic mass is 10.1. The third kappa shape index (κ3) is 5.42. The van der Waals surface area contributed by atoms with Gasteiger partial charge in [0.15, 0.2) is 5.13 Å². The highest BCUT2D eigenvalue weighted by Crippen LogP contribution is 2.38. The van der Waals surface area contributed by atoms with Crippen LogP contribution in [0.5, 0.6) is 5.75 Å². The van der Waals surface area contributed by atoms with Crippen molar-refractivity contribution in [3.05, 3.63) is 63.3 Å². The predicted molar refractivity (Wildman–Crippen MR) is 140 cm³/mol. The fourth-order valence-electron chi connectivity index (χ4n) is 4.57. The molecular weight excluding hydrogens is 512 g/mol. The van der Waals surface area contributed by atoms with Crippen molar-refractivity contribution in [3.63, 3.8) is 0 Å². The first-order valence-corrected chi connectivity index (χ1v) is 13.8. The normalized spacial score (nSPS) is 18.4. The highest BCUT2D eigenvalue weighted by molar-refractivity contribution is 7.14. The van der Waals surface area contributed by atoms with Crippen LogP contribution in [0.2, 0.25) is 0 Å². The molecule has 192 valence electrons. The second-order valence-electron chi connectivity index (χ2n) is 8.98. The Morgan fingerprint density at radius 3 is 2.78 bits per heavy atom. The van der Waals surface area contributed by atoms with Crippen LogP contribution in [-0.2, 0) is 9.59 Å². The van der Waals surface area contributed by atoms with E-state index < -0.39 is 6.10 Å². The van der Waals surface area contributed by atoms with Crippen LogP contribution in [0.3, 0.4) is 0 Å². The molecule has 2 aliphatic heterocycles. The lowest BCUT2D eigenvalue weighted by Gasteiger charge is -2.21. The Morgan fingerprint density at radius 2 is 2.03 bits per heavy atom. The van der Waals surface area contributed by atoms with Gasteiger partial charge in [0.2, 0.25) is 23.7 Å². The minimum atomic E-state index is -0.839. The summed E-state index contributed by atoms with van der Waals surface area (Å²) in [5, 5.41) is 6.90. The van der Waals surface area contributed by atoms with Crippen LogP contribution in [0, 0.1) is 0 Å². The average molecular weight is 539 g/mol. The standard InChI is InChI=1S/C26H26N4O5S2/c1-16(31)27-17-10-12-29(14-17)22(32)9-4-11-30(25(34)21-8-5-13-36-21)26-28-19(15-37-26)24-23(33)18-6-2-3-7-20(18)35-24/h2-3,5-8,13,15,17,24H,4,9-12,14H2,1H3,(H,27,31). The molecule has 0 aliphatic carbocycles. The van der Waals surface area contributed by atoms with E-state index in [-0.39, 0.29) is 36.0 Å². The quantitative estimate of drug-likeness (QED) is 0.469. The number of amides is 3. The van der Waals surface area contributed by atoms with Crippen molar-refractivity contribution in [2.75, 3.05) is 24.5 Å². The SMILES string of the molecule is CC(=O)NC1CCN(C(=O)CCCN(C(=O)c2cccs2)c2nc(C3Oc4ccccc4C3=O)cs2)C1. The van der Waals surface area contributed by atoms with E-state index in [0.717, 1.165) is 6.42 Å². The molecule has 2 atom stereocenters. The second-order valence-corrected chi connectivity index (χ2v) is 10.8. The molecule has 3 amide bonds. The largest absolute Gasteiger partial charge is 0.475 e. The lowest BCUT2D eigenvalue weighted by Crippen LogP contribution is -2.37. The number of anilines is 1. The predicted octanol–water partition coefficient (Wildman–Crippen LogP) is 3.69. The molecule has 9 nitrogen and oxygen atoms in total. The zero-order valence-corrected chi connectivity index (χ0v) is 21.8. The summed E-state index contributed by atoms with van der Waals surface area (Å²) in [6, 6.07) is 10.6. The highest BCUT2D eigenvalue weighted by Gasteiger charge is 2.36. The average Bonchev–Trinajstić information content (AvgIpc) is 3.69. The first kappa shape index (κ1) is 25.1. The summed E-state index contributed by atoms with van der Waals surface area (Å²) in [5.41, 5.74) is 0.983. The Hall–Kier alpha value is -3.57. The van der Waals surface area contributed by atoms with Crippen molar-refractivity contribution in [3.8, 4) is 5.75 Å². The Kier molecular flexibility index (Phi) is 7.33. The monoisotopic (exact) mass is 538 g/mol. The number of nitrogens with zero attached hydrogens (tertiary/aromatic N) is 3. The zero-order valence-electron chi connectivity index (χ0n) is 20.2. The molecular formula is C26H26N4O5S2. The molecule has 0 radical (unpaired) electrons. The van der Waals surface area contributed by atoms with Crippen LogP contribution < -0.4 is 15.0 Å². The fourth-order valence-corrected chi connectivity index (χ4v) is 6.10. The molecule has 1 saturated heterocycles. The number of benzene rings is 1. The number of hydrogen-bond donors (Lipinski definition) is 1. The van der Waals surface area contributed by atoms with E-state index in [4.69, 9.17) is 4.74 Å². The summed E-state index contributed by atoms with van der Waals surface area (Å²) in [6.45, 7) is 2.89. The van der Waals surface area contributed by atoms with Gasteiger partial charge in [0, 0.05) is 44.4 Å². The molecule has 2 unspecified atom stereocenters. The third-order valence-electron chi connectivity index (χ3n) is 6.34. The van der Waals surface area contributed by atoms with E-state index >= 15 is 0 Å². The first-order chi connectivity index (χ1) is 17.9. The van der Waals surface area contributed by atoms with Crippen LogP contribution in [0.4, 0.5) is 5.13 Å². The van der Waals surface area contributed by atoms with E-state index in [1.54, 1.807) is 39.4 Å².